The van der Waals surface area contributed by atoms with E-state index in [2.05, 4.69) is 34.1 Å². The molecular weight excluding hydrogens is 372 g/mol. The first-order chi connectivity index (χ1) is 13.3. The quantitative estimate of drug-likeness (QED) is 0.729. The van der Waals surface area contributed by atoms with Gasteiger partial charge in [-0.25, -0.2) is 0 Å². The first-order valence-corrected chi connectivity index (χ1v) is 10.5. The molecule has 0 amide bonds. The SMILES string of the molecule is COCCN1CN(C2CCCCC2)CC2=C1CC(c1ccccc1)CC2=O.Cl. The Morgan fingerprint density at radius 3 is 2.54 bits per heavy atom. The fourth-order valence-corrected chi connectivity index (χ4v) is 5.05. The van der Waals surface area contributed by atoms with E-state index < -0.39 is 0 Å². The van der Waals surface area contributed by atoms with Gasteiger partial charge in [0.05, 0.1) is 13.3 Å². The van der Waals surface area contributed by atoms with Crippen LogP contribution in [-0.2, 0) is 9.53 Å². The van der Waals surface area contributed by atoms with Crippen LogP contribution in [0.3, 0.4) is 0 Å². The molecule has 4 rings (SSSR count). The van der Waals surface area contributed by atoms with E-state index in [1.807, 2.05) is 6.07 Å². The highest BCUT2D eigenvalue weighted by Crippen LogP contribution is 2.39. The molecule has 1 atom stereocenters. The summed E-state index contributed by atoms with van der Waals surface area (Å²) in [7, 11) is 1.76. The number of ether oxygens (including phenoxy) is 1. The molecule has 1 aliphatic heterocycles. The maximum absolute atomic E-state index is 13.1. The van der Waals surface area contributed by atoms with Crippen molar-refractivity contribution in [3.05, 3.63) is 47.2 Å². The number of ketones is 1. The van der Waals surface area contributed by atoms with Gasteiger partial charge in [-0.15, -0.1) is 12.4 Å². The number of hydrogen-bond acceptors (Lipinski definition) is 4. The predicted molar refractivity (Wildman–Crippen MR) is 115 cm³/mol. The van der Waals surface area contributed by atoms with Gasteiger partial charge in [0.15, 0.2) is 5.78 Å². The molecule has 3 aliphatic rings. The Morgan fingerprint density at radius 2 is 1.82 bits per heavy atom. The number of halogens is 1. The fourth-order valence-electron chi connectivity index (χ4n) is 5.05. The summed E-state index contributed by atoms with van der Waals surface area (Å²) in [4.78, 5) is 18.1. The van der Waals surface area contributed by atoms with E-state index in [1.54, 1.807) is 7.11 Å². The molecule has 154 valence electrons. The van der Waals surface area contributed by atoms with Crippen LogP contribution in [-0.4, -0.2) is 55.1 Å². The van der Waals surface area contributed by atoms with E-state index in [0.717, 1.165) is 31.8 Å². The third kappa shape index (κ3) is 4.61. The summed E-state index contributed by atoms with van der Waals surface area (Å²) in [5, 5.41) is 0. The number of nitrogens with zero attached hydrogens (tertiary/aromatic N) is 2. The second-order valence-corrected chi connectivity index (χ2v) is 8.30. The number of carbonyl (C=O) groups is 1. The lowest BCUT2D eigenvalue weighted by molar-refractivity contribution is -0.117. The second-order valence-electron chi connectivity index (χ2n) is 8.30. The molecule has 5 heteroatoms. The molecule has 1 fully saturated rings. The van der Waals surface area contributed by atoms with Crippen LogP contribution >= 0.6 is 12.4 Å². The standard InChI is InChI=1S/C23H32N2O2.ClH/c1-27-13-12-24-17-25(20-10-6-3-7-11-20)16-21-22(24)14-19(15-23(21)26)18-8-4-2-5-9-18;/h2,4-5,8-9,19-20H,3,6-7,10-17H2,1H3;1H. The summed E-state index contributed by atoms with van der Waals surface area (Å²) in [6.45, 7) is 3.37. The van der Waals surface area contributed by atoms with Gasteiger partial charge in [-0.3, -0.25) is 9.69 Å². The molecule has 28 heavy (non-hydrogen) atoms. The number of methoxy groups -OCH3 is 1. The van der Waals surface area contributed by atoms with E-state index >= 15 is 0 Å². The van der Waals surface area contributed by atoms with Crippen molar-refractivity contribution in [2.45, 2.75) is 56.9 Å². The van der Waals surface area contributed by atoms with Crippen molar-refractivity contribution in [1.82, 2.24) is 9.80 Å². The highest BCUT2D eigenvalue weighted by molar-refractivity contribution is 5.98. The number of carbonyl (C=O) groups excluding carboxylic acids is 1. The van der Waals surface area contributed by atoms with Crippen LogP contribution in [0.1, 0.15) is 56.4 Å². The van der Waals surface area contributed by atoms with Crippen LogP contribution in [0.25, 0.3) is 0 Å². The fraction of sp³-hybridized carbons (Fsp3) is 0.609. The summed E-state index contributed by atoms with van der Waals surface area (Å²) >= 11 is 0. The maximum Gasteiger partial charge on any atom is 0.162 e. The maximum atomic E-state index is 13.1. The van der Waals surface area contributed by atoms with Crippen LogP contribution < -0.4 is 0 Å². The van der Waals surface area contributed by atoms with Gasteiger partial charge in [0.1, 0.15) is 0 Å². The molecule has 1 unspecified atom stereocenters. The molecular formula is C23H33ClN2O2. The molecule has 2 aliphatic carbocycles. The number of Topliss-reactive ketones (excluding diaryl/α,β-unsaturated/α-hetero) is 1. The van der Waals surface area contributed by atoms with Crippen molar-refractivity contribution in [1.29, 1.82) is 0 Å². The van der Waals surface area contributed by atoms with Crippen LogP contribution in [0.2, 0.25) is 0 Å². The van der Waals surface area contributed by atoms with Crippen molar-refractivity contribution in [3.63, 3.8) is 0 Å². The molecule has 0 saturated heterocycles. The van der Waals surface area contributed by atoms with E-state index in [9.17, 15) is 4.79 Å². The summed E-state index contributed by atoms with van der Waals surface area (Å²) in [5.41, 5.74) is 3.65. The normalized spacial score (nSPS) is 24.1. The van der Waals surface area contributed by atoms with Crippen LogP contribution in [0.15, 0.2) is 41.6 Å². The summed E-state index contributed by atoms with van der Waals surface area (Å²) in [6.07, 6.45) is 8.21. The van der Waals surface area contributed by atoms with Gasteiger partial charge in [0.25, 0.3) is 0 Å². The van der Waals surface area contributed by atoms with Crippen molar-refractivity contribution in [2.75, 3.05) is 33.5 Å². The van der Waals surface area contributed by atoms with E-state index in [1.165, 1.54) is 43.4 Å². The zero-order chi connectivity index (χ0) is 18.6. The van der Waals surface area contributed by atoms with Crippen molar-refractivity contribution < 1.29 is 9.53 Å². The van der Waals surface area contributed by atoms with E-state index in [4.69, 9.17) is 4.74 Å². The number of allylic oxidation sites excluding steroid dienone is 1. The molecule has 4 nitrogen and oxygen atoms in total. The molecule has 0 spiro atoms. The van der Waals surface area contributed by atoms with Crippen LogP contribution in [0.4, 0.5) is 0 Å². The molecule has 0 N–H and O–H groups in total. The Kier molecular flexibility index (Phi) is 7.55. The summed E-state index contributed by atoms with van der Waals surface area (Å²) in [6, 6.07) is 11.2. The number of rotatable bonds is 5. The van der Waals surface area contributed by atoms with Gasteiger partial charge in [-0.05, 0) is 30.7 Å². The van der Waals surface area contributed by atoms with Crippen LogP contribution in [0.5, 0.6) is 0 Å². The number of hydrogen-bond donors (Lipinski definition) is 0. The molecule has 1 aromatic rings. The second kappa shape index (κ2) is 9.91. The predicted octanol–water partition coefficient (Wildman–Crippen LogP) is 4.36. The summed E-state index contributed by atoms with van der Waals surface area (Å²) in [5.74, 6) is 0.664. The monoisotopic (exact) mass is 404 g/mol. The Labute approximate surface area is 175 Å². The lowest BCUT2D eigenvalue weighted by Crippen LogP contribution is -2.51. The van der Waals surface area contributed by atoms with Crippen molar-refractivity contribution in [2.24, 2.45) is 0 Å². The molecule has 0 aromatic heterocycles. The highest BCUT2D eigenvalue weighted by atomic mass is 35.5. The van der Waals surface area contributed by atoms with Gasteiger partial charge < -0.3 is 9.64 Å². The Bertz CT molecular complexity index is 685. The topological polar surface area (TPSA) is 32.8 Å². The Morgan fingerprint density at radius 1 is 1.07 bits per heavy atom. The zero-order valence-corrected chi connectivity index (χ0v) is 17.8. The molecule has 0 radical (unpaired) electrons. The highest BCUT2D eigenvalue weighted by Gasteiger charge is 2.37. The van der Waals surface area contributed by atoms with E-state index in [0.29, 0.717) is 30.8 Å². The first-order valence-electron chi connectivity index (χ1n) is 10.5. The minimum absolute atomic E-state index is 0. The third-order valence-electron chi connectivity index (χ3n) is 6.58. The van der Waals surface area contributed by atoms with Crippen molar-refractivity contribution in [3.8, 4) is 0 Å². The molecule has 1 heterocycles. The smallest absolute Gasteiger partial charge is 0.162 e. The molecule has 0 bridgehead atoms. The van der Waals surface area contributed by atoms with Gasteiger partial charge in [-0.1, -0.05) is 49.6 Å². The van der Waals surface area contributed by atoms with E-state index in [-0.39, 0.29) is 12.4 Å². The third-order valence-corrected chi connectivity index (χ3v) is 6.58. The van der Waals surface area contributed by atoms with Gasteiger partial charge in [-0.2, -0.15) is 0 Å². The summed E-state index contributed by atoms with van der Waals surface area (Å²) < 4.78 is 5.38. The van der Waals surface area contributed by atoms with Gasteiger partial charge in [0, 0.05) is 43.9 Å². The van der Waals surface area contributed by atoms with Gasteiger partial charge in [0.2, 0.25) is 0 Å². The number of benzene rings is 1. The lowest BCUT2D eigenvalue weighted by Gasteiger charge is -2.46. The average Bonchev–Trinajstić information content (AvgIpc) is 2.73. The average molecular weight is 405 g/mol. The zero-order valence-electron chi connectivity index (χ0n) is 16.9. The Balaban J connectivity index is 0.00000225. The minimum atomic E-state index is 0. The Hall–Kier alpha value is -1.36. The molecule has 1 saturated carbocycles. The van der Waals surface area contributed by atoms with Crippen molar-refractivity contribution >= 4 is 18.2 Å². The molecule has 1 aromatic carbocycles. The minimum Gasteiger partial charge on any atom is -0.383 e. The largest absolute Gasteiger partial charge is 0.383 e. The van der Waals surface area contributed by atoms with Gasteiger partial charge >= 0.3 is 0 Å². The lowest BCUT2D eigenvalue weighted by atomic mass is 9.80. The van der Waals surface area contributed by atoms with Crippen LogP contribution in [0, 0.1) is 0 Å². The first kappa shape index (κ1) is 21.4.